The Morgan fingerprint density at radius 1 is 1.44 bits per heavy atom. The van der Waals surface area contributed by atoms with E-state index in [9.17, 15) is 4.79 Å². The Morgan fingerprint density at radius 2 is 2.31 bits per heavy atom. The van der Waals surface area contributed by atoms with Crippen molar-refractivity contribution in [2.45, 2.75) is 19.8 Å². The molecule has 0 unspecified atom stereocenters. The van der Waals surface area contributed by atoms with Crippen molar-refractivity contribution < 1.29 is 4.79 Å². The van der Waals surface area contributed by atoms with E-state index in [2.05, 4.69) is 30.8 Å². The lowest BCUT2D eigenvalue weighted by molar-refractivity contribution is -0.120. The maximum Gasteiger partial charge on any atom is 0.238 e. The highest BCUT2D eigenvalue weighted by Crippen LogP contribution is 2.12. The fraction of sp³-hybridized carbons (Fsp3) is 0.333. The predicted octanol–water partition coefficient (Wildman–Crippen LogP) is 0.596. The first-order valence-electron chi connectivity index (χ1n) is 5.00. The van der Waals surface area contributed by atoms with Crippen LogP contribution in [0.1, 0.15) is 19.8 Å². The van der Waals surface area contributed by atoms with Gasteiger partial charge in [-0.25, -0.2) is 15.0 Å². The zero-order valence-electron chi connectivity index (χ0n) is 8.82. The number of rotatable bonds is 4. The topological polar surface area (TPSA) is 95.6 Å². The summed E-state index contributed by atoms with van der Waals surface area (Å²) in [6.07, 6.45) is 4.19. The van der Waals surface area contributed by atoms with Crippen LogP contribution in [0.3, 0.4) is 0 Å². The Labute approximate surface area is 91.7 Å². The molecule has 0 bridgehead atoms. The van der Waals surface area contributed by atoms with Gasteiger partial charge in [0, 0.05) is 6.42 Å². The molecule has 0 saturated heterocycles. The molecule has 0 fully saturated rings. The van der Waals surface area contributed by atoms with Crippen molar-refractivity contribution in [1.82, 2.24) is 25.4 Å². The summed E-state index contributed by atoms with van der Waals surface area (Å²) in [5.41, 5.74) is 6.51. The molecule has 0 saturated carbocycles. The summed E-state index contributed by atoms with van der Waals surface area (Å²) in [6.45, 7) is 1.94. The zero-order valence-corrected chi connectivity index (χ0v) is 8.82. The Morgan fingerprint density at radius 3 is 3.12 bits per heavy atom. The molecule has 1 amide bonds. The highest BCUT2D eigenvalue weighted by atomic mass is 16.2. The van der Waals surface area contributed by atoms with E-state index in [0.717, 1.165) is 6.42 Å². The van der Waals surface area contributed by atoms with Gasteiger partial charge in [-0.2, -0.15) is 0 Å². The molecule has 0 spiro atoms. The van der Waals surface area contributed by atoms with Crippen LogP contribution < -0.4 is 10.9 Å². The minimum atomic E-state index is -0.0752. The minimum absolute atomic E-state index is 0.0752. The van der Waals surface area contributed by atoms with Gasteiger partial charge in [0.05, 0.1) is 6.33 Å². The first-order valence-corrected chi connectivity index (χ1v) is 5.00. The summed E-state index contributed by atoms with van der Waals surface area (Å²) in [6, 6.07) is 0. The van der Waals surface area contributed by atoms with Gasteiger partial charge in [-0.1, -0.05) is 6.92 Å². The van der Waals surface area contributed by atoms with Crippen molar-refractivity contribution >= 4 is 22.9 Å². The van der Waals surface area contributed by atoms with E-state index in [1.807, 2.05) is 6.92 Å². The number of nitrogens with one attached hydrogen (secondary N) is 3. The van der Waals surface area contributed by atoms with Crippen molar-refractivity contribution in [3.63, 3.8) is 0 Å². The molecule has 3 N–H and O–H groups in total. The van der Waals surface area contributed by atoms with Crippen LogP contribution in [-0.4, -0.2) is 25.8 Å². The summed E-state index contributed by atoms with van der Waals surface area (Å²) >= 11 is 0. The third kappa shape index (κ3) is 2.08. The smallest absolute Gasteiger partial charge is 0.238 e. The van der Waals surface area contributed by atoms with E-state index in [0.29, 0.717) is 23.4 Å². The van der Waals surface area contributed by atoms with Crippen molar-refractivity contribution in [3.8, 4) is 0 Å². The van der Waals surface area contributed by atoms with E-state index in [1.54, 1.807) is 0 Å². The average molecular weight is 220 g/mol. The van der Waals surface area contributed by atoms with Gasteiger partial charge in [0.2, 0.25) is 5.91 Å². The van der Waals surface area contributed by atoms with E-state index in [4.69, 9.17) is 0 Å². The Balaban J connectivity index is 2.09. The third-order valence-electron chi connectivity index (χ3n) is 2.02. The number of H-pyrrole nitrogens is 1. The maximum absolute atomic E-state index is 11.2. The number of aromatic nitrogens is 4. The van der Waals surface area contributed by atoms with Crippen LogP contribution in [-0.2, 0) is 4.79 Å². The highest BCUT2D eigenvalue weighted by Gasteiger charge is 2.05. The molecule has 7 nitrogen and oxygen atoms in total. The number of carbonyl (C=O) groups is 1. The van der Waals surface area contributed by atoms with Gasteiger partial charge in [0.25, 0.3) is 0 Å². The van der Waals surface area contributed by atoms with Crippen LogP contribution in [0, 0.1) is 0 Å². The van der Waals surface area contributed by atoms with Gasteiger partial charge < -0.3 is 4.98 Å². The Hall–Kier alpha value is -2.18. The number of hydrogen-bond acceptors (Lipinski definition) is 5. The summed E-state index contributed by atoms with van der Waals surface area (Å²) in [7, 11) is 0. The lowest BCUT2D eigenvalue weighted by Crippen LogP contribution is -2.29. The number of amides is 1. The molecule has 16 heavy (non-hydrogen) atoms. The van der Waals surface area contributed by atoms with Gasteiger partial charge in [0.1, 0.15) is 11.8 Å². The number of imidazole rings is 1. The number of nitrogens with zero attached hydrogens (tertiary/aromatic N) is 3. The molecular formula is C9H12N6O. The third-order valence-corrected chi connectivity index (χ3v) is 2.02. The molecule has 0 aromatic carbocycles. The molecule has 7 heteroatoms. The summed E-state index contributed by atoms with van der Waals surface area (Å²) in [5.74, 6) is 0.431. The molecule has 0 aliphatic heterocycles. The molecule has 0 aliphatic carbocycles. The second kappa shape index (κ2) is 4.56. The van der Waals surface area contributed by atoms with Crippen LogP contribution in [0.4, 0.5) is 5.82 Å². The molecule has 2 aromatic heterocycles. The van der Waals surface area contributed by atoms with Gasteiger partial charge in [0.15, 0.2) is 11.5 Å². The second-order valence-electron chi connectivity index (χ2n) is 3.25. The molecule has 0 atom stereocenters. The first kappa shape index (κ1) is 10.3. The quantitative estimate of drug-likeness (QED) is 0.655. The second-order valence-corrected chi connectivity index (χ2v) is 3.25. The number of carbonyl (C=O) groups excluding carboxylic acids is 1. The van der Waals surface area contributed by atoms with E-state index in [-0.39, 0.29) is 5.91 Å². The van der Waals surface area contributed by atoms with Crippen molar-refractivity contribution in [2.24, 2.45) is 0 Å². The number of hydrazine groups is 1. The van der Waals surface area contributed by atoms with Gasteiger partial charge in [-0.05, 0) is 6.42 Å². The Bertz CT molecular complexity index is 493. The molecule has 2 heterocycles. The number of aromatic amines is 1. The lowest BCUT2D eigenvalue weighted by Gasteiger charge is -2.06. The van der Waals surface area contributed by atoms with Gasteiger partial charge >= 0.3 is 0 Å². The fourth-order valence-corrected chi connectivity index (χ4v) is 1.28. The highest BCUT2D eigenvalue weighted by molar-refractivity contribution is 5.84. The van der Waals surface area contributed by atoms with Gasteiger partial charge in [-0.15, -0.1) is 0 Å². The standard InChI is InChI=1S/C9H12N6O/c1-2-3-6(16)14-15-9-7-8(11-4-10-7)12-5-13-9/h4-5H,2-3H2,1H3,(H,14,16)(H2,10,11,12,13,15). The SMILES string of the molecule is CCCC(=O)NNc1ncnc2nc[nH]c12. The van der Waals surface area contributed by atoms with Crippen molar-refractivity contribution in [3.05, 3.63) is 12.7 Å². The predicted molar refractivity (Wildman–Crippen MR) is 58.4 cm³/mol. The van der Waals surface area contributed by atoms with Crippen molar-refractivity contribution in [1.29, 1.82) is 0 Å². The molecule has 0 aliphatic rings. The van der Waals surface area contributed by atoms with Crippen LogP contribution >= 0.6 is 0 Å². The number of anilines is 1. The largest absolute Gasteiger partial charge is 0.340 e. The molecule has 0 radical (unpaired) electrons. The number of fused-ring (bicyclic) bond motifs is 1. The van der Waals surface area contributed by atoms with Crippen LogP contribution in [0.15, 0.2) is 12.7 Å². The monoisotopic (exact) mass is 220 g/mol. The molecule has 2 aromatic rings. The molecule has 84 valence electrons. The Kier molecular flexibility index (Phi) is 2.95. The first-order chi connectivity index (χ1) is 7.81. The zero-order chi connectivity index (χ0) is 11.4. The van der Waals surface area contributed by atoms with Crippen LogP contribution in [0.2, 0.25) is 0 Å². The summed E-state index contributed by atoms with van der Waals surface area (Å²) in [4.78, 5) is 26.1. The summed E-state index contributed by atoms with van der Waals surface area (Å²) in [5, 5.41) is 0. The van der Waals surface area contributed by atoms with Crippen molar-refractivity contribution in [2.75, 3.05) is 5.43 Å². The maximum atomic E-state index is 11.2. The van der Waals surface area contributed by atoms with E-state index in [1.165, 1.54) is 12.7 Å². The van der Waals surface area contributed by atoms with E-state index >= 15 is 0 Å². The molecular weight excluding hydrogens is 208 g/mol. The molecule has 2 rings (SSSR count). The summed E-state index contributed by atoms with van der Waals surface area (Å²) < 4.78 is 0. The minimum Gasteiger partial charge on any atom is -0.340 e. The van der Waals surface area contributed by atoms with Crippen LogP contribution in [0.25, 0.3) is 11.2 Å². The van der Waals surface area contributed by atoms with E-state index < -0.39 is 0 Å². The lowest BCUT2D eigenvalue weighted by atomic mass is 10.3. The number of hydrogen-bond donors (Lipinski definition) is 3. The normalized spacial score (nSPS) is 10.3. The average Bonchev–Trinajstić information content (AvgIpc) is 2.75. The fourth-order valence-electron chi connectivity index (χ4n) is 1.28. The van der Waals surface area contributed by atoms with Crippen LogP contribution in [0.5, 0.6) is 0 Å². The van der Waals surface area contributed by atoms with Gasteiger partial charge in [-0.3, -0.25) is 15.6 Å².